The van der Waals surface area contributed by atoms with Gasteiger partial charge in [0.1, 0.15) is 0 Å². The number of benzene rings is 2. The van der Waals surface area contributed by atoms with Crippen molar-refractivity contribution in [2.45, 2.75) is 18.9 Å². The van der Waals surface area contributed by atoms with Gasteiger partial charge in [0.05, 0.1) is 25.3 Å². The molecular weight excluding hydrogens is 342 g/mol. The molecule has 6 heteroatoms. The minimum Gasteiger partial charge on any atom is -0.503 e. The maximum Gasteiger partial charge on any atom is 0.410 e. The first-order valence-corrected chi connectivity index (χ1v) is 8.50. The molecule has 0 saturated heterocycles. The lowest BCUT2D eigenvalue weighted by Crippen LogP contribution is -2.42. The lowest BCUT2D eigenvalue weighted by molar-refractivity contribution is 0.100. The molecule has 0 saturated carbocycles. The number of ether oxygens (including phenoxy) is 2. The molecule has 1 heterocycles. The Kier molecular flexibility index (Phi) is 3.76. The number of halogens is 1. The third kappa shape index (κ3) is 2.19. The number of phenolic OH excluding ortho intramolecular Hbond substituents is 1. The van der Waals surface area contributed by atoms with Crippen molar-refractivity contribution in [2.75, 3.05) is 20.8 Å². The number of nitrogens with zero attached hydrogens (tertiary/aromatic N) is 1. The highest BCUT2D eigenvalue weighted by atomic mass is 35.5. The van der Waals surface area contributed by atoms with Crippen molar-refractivity contribution < 1.29 is 19.4 Å². The molecular formula is C19H18ClNO4. The minimum atomic E-state index is -0.357. The lowest BCUT2D eigenvalue weighted by Gasteiger charge is -2.41. The van der Waals surface area contributed by atoms with Gasteiger partial charge in [-0.25, -0.2) is 4.79 Å². The van der Waals surface area contributed by atoms with Gasteiger partial charge in [0, 0.05) is 12.1 Å². The second kappa shape index (κ2) is 5.85. The van der Waals surface area contributed by atoms with Crippen LogP contribution in [0.2, 0.25) is 5.02 Å². The topological polar surface area (TPSA) is 59.0 Å². The zero-order valence-electron chi connectivity index (χ0n) is 14.0. The Morgan fingerprint density at radius 2 is 2.08 bits per heavy atom. The average molecular weight is 360 g/mol. The second-order valence-corrected chi connectivity index (χ2v) is 6.63. The van der Waals surface area contributed by atoms with E-state index in [0.717, 1.165) is 27.8 Å². The van der Waals surface area contributed by atoms with Gasteiger partial charge in [-0.15, -0.1) is 0 Å². The third-order valence-electron chi connectivity index (χ3n) is 5.13. The summed E-state index contributed by atoms with van der Waals surface area (Å²) in [6.45, 7) is 0.497. The molecule has 0 bridgehead atoms. The van der Waals surface area contributed by atoms with E-state index >= 15 is 0 Å². The highest BCUT2D eigenvalue weighted by molar-refractivity contribution is 6.33. The number of carbonyl (C=O) groups excluding carboxylic acids is 1. The number of phenols is 1. The van der Waals surface area contributed by atoms with Crippen LogP contribution in [-0.4, -0.2) is 36.9 Å². The largest absolute Gasteiger partial charge is 0.503 e. The van der Waals surface area contributed by atoms with E-state index in [0.29, 0.717) is 30.2 Å². The Labute approximate surface area is 150 Å². The predicted molar refractivity (Wildman–Crippen MR) is 94.4 cm³/mol. The Bertz CT molecular complexity index is 880. The lowest BCUT2D eigenvalue weighted by atomic mass is 9.76. The molecule has 25 heavy (non-hydrogen) atoms. The van der Waals surface area contributed by atoms with E-state index in [1.807, 2.05) is 24.3 Å². The molecule has 1 aliphatic carbocycles. The molecule has 2 aromatic rings. The second-order valence-electron chi connectivity index (χ2n) is 6.25. The molecule has 1 N–H and O–H groups in total. The number of hydrogen-bond donors (Lipinski definition) is 1. The molecule has 4 rings (SSSR count). The van der Waals surface area contributed by atoms with Gasteiger partial charge in [-0.3, -0.25) is 0 Å². The van der Waals surface area contributed by atoms with Gasteiger partial charge in [-0.1, -0.05) is 35.9 Å². The van der Waals surface area contributed by atoms with Crippen molar-refractivity contribution in [1.82, 2.24) is 4.90 Å². The first-order valence-electron chi connectivity index (χ1n) is 8.12. The average Bonchev–Trinajstić information content (AvgIpc) is 2.65. The van der Waals surface area contributed by atoms with Crippen LogP contribution >= 0.6 is 11.6 Å². The molecule has 1 aliphatic heterocycles. The zero-order valence-corrected chi connectivity index (χ0v) is 14.8. The molecule has 130 valence electrons. The Morgan fingerprint density at radius 1 is 1.32 bits per heavy atom. The summed E-state index contributed by atoms with van der Waals surface area (Å²) < 4.78 is 10.5. The fourth-order valence-corrected chi connectivity index (χ4v) is 4.36. The van der Waals surface area contributed by atoms with Crippen molar-refractivity contribution in [3.63, 3.8) is 0 Å². The van der Waals surface area contributed by atoms with E-state index in [1.165, 1.54) is 14.2 Å². The summed E-state index contributed by atoms with van der Waals surface area (Å²) in [5.74, 6) is 0.313. The van der Waals surface area contributed by atoms with Crippen LogP contribution in [0.4, 0.5) is 4.79 Å². The van der Waals surface area contributed by atoms with Gasteiger partial charge in [-0.05, 0) is 35.1 Å². The quantitative estimate of drug-likeness (QED) is 0.837. The maximum absolute atomic E-state index is 12.3. The minimum absolute atomic E-state index is 0.0418. The number of hydrogen-bond acceptors (Lipinski definition) is 4. The number of carbonyl (C=O) groups is 1. The standard InChI is InChI=1S/C19H18ClNO4/c1-24-18-15-11-6-4-3-5-10(11)9-13-14(15)12(16(20)17(18)22)7-8-21(13)19(23)25-2/h3-6,13,22H,7-9H2,1-2H3. The summed E-state index contributed by atoms with van der Waals surface area (Å²) in [6, 6.07) is 7.78. The fourth-order valence-electron chi connectivity index (χ4n) is 4.07. The zero-order chi connectivity index (χ0) is 17.7. The van der Waals surface area contributed by atoms with Crippen LogP contribution in [0.5, 0.6) is 11.5 Å². The van der Waals surface area contributed by atoms with Crippen molar-refractivity contribution in [3.8, 4) is 22.6 Å². The van der Waals surface area contributed by atoms with Crippen LogP contribution in [0.1, 0.15) is 22.7 Å². The smallest absolute Gasteiger partial charge is 0.410 e. The number of methoxy groups -OCH3 is 2. The number of fused-ring (bicyclic) bond motifs is 2. The van der Waals surface area contributed by atoms with Crippen LogP contribution in [0.25, 0.3) is 11.1 Å². The SMILES string of the molecule is COC(=O)N1CCc2c(Cl)c(O)c(OC)c3c2C1Cc1ccccc1-3. The van der Waals surface area contributed by atoms with E-state index in [4.69, 9.17) is 21.1 Å². The summed E-state index contributed by atoms with van der Waals surface area (Å²) in [5, 5.41) is 10.9. The van der Waals surface area contributed by atoms with E-state index in [1.54, 1.807) is 4.90 Å². The van der Waals surface area contributed by atoms with Crippen LogP contribution in [-0.2, 0) is 17.6 Å². The molecule has 0 radical (unpaired) electrons. The summed E-state index contributed by atoms with van der Waals surface area (Å²) in [5.41, 5.74) is 4.76. The molecule has 0 fully saturated rings. The molecule has 0 aromatic heterocycles. The van der Waals surface area contributed by atoms with Gasteiger partial charge in [0.15, 0.2) is 11.5 Å². The Hall–Kier alpha value is -2.40. The predicted octanol–water partition coefficient (Wildman–Crippen LogP) is 3.94. The van der Waals surface area contributed by atoms with Gasteiger partial charge < -0.3 is 19.5 Å². The van der Waals surface area contributed by atoms with Gasteiger partial charge in [0.2, 0.25) is 0 Å². The molecule has 5 nitrogen and oxygen atoms in total. The number of amides is 1. The summed E-state index contributed by atoms with van der Waals surface area (Å²) >= 11 is 6.44. The highest BCUT2D eigenvalue weighted by Crippen LogP contribution is 2.55. The Balaban J connectivity index is 2.06. The maximum atomic E-state index is 12.3. The van der Waals surface area contributed by atoms with Crippen molar-refractivity contribution in [1.29, 1.82) is 0 Å². The molecule has 0 spiro atoms. The van der Waals surface area contributed by atoms with E-state index in [-0.39, 0.29) is 17.9 Å². The summed E-state index contributed by atoms with van der Waals surface area (Å²) in [4.78, 5) is 14.0. The van der Waals surface area contributed by atoms with E-state index < -0.39 is 0 Å². The van der Waals surface area contributed by atoms with E-state index in [2.05, 4.69) is 0 Å². The van der Waals surface area contributed by atoms with Crippen LogP contribution in [0, 0.1) is 0 Å². The molecule has 1 amide bonds. The third-order valence-corrected chi connectivity index (χ3v) is 5.54. The normalized spacial score (nSPS) is 17.6. The number of aromatic hydroxyl groups is 1. The first-order chi connectivity index (χ1) is 12.1. The monoisotopic (exact) mass is 359 g/mol. The highest BCUT2D eigenvalue weighted by Gasteiger charge is 2.40. The van der Waals surface area contributed by atoms with Crippen LogP contribution in [0.15, 0.2) is 24.3 Å². The summed E-state index contributed by atoms with van der Waals surface area (Å²) in [7, 11) is 2.90. The summed E-state index contributed by atoms with van der Waals surface area (Å²) in [6.07, 6.45) is 0.881. The molecule has 1 unspecified atom stereocenters. The van der Waals surface area contributed by atoms with Crippen molar-refractivity contribution in [2.24, 2.45) is 0 Å². The van der Waals surface area contributed by atoms with Gasteiger partial charge in [0.25, 0.3) is 0 Å². The Morgan fingerprint density at radius 3 is 2.80 bits per heavy atom. The van der Waals surface area contributed by atoms with Crippen LogP contribution in [0.3, 0.4) is 0 Å². The van der Waals surface area contributed by atoms with Gasteiger partial charge >= 0.3 is 6.09 Å². The fraction of sp³-hybridized carbons (Fsp3) is 0.316. The molecule has 1 atom stereocenters. The number of rotatable bonds is 1. The van der Waals surface area contributed by atoms with Crippen LogP contribution < -0.4 is 4.74 Å². The van der Waals surface area contributed by atoms with Crippen molar-refractivity contribution in [3.05, 3.63) is 46.0 Å². The first kappa shape index (κ1) is 16.1. The van der Waals surface area contributed by atoms with Gasteiger partial charge in [-0.2, -0.15) is 0 Å². The van der Waals surface area contributed by atoms with E-state index in [9.17, 15) is 9.90 Å². The van der Waals surface area contributed by atoms with Crippen molar-refractivity contribution >= 4 is 17.7 Å². The molecule has 2 aromatic carbocycles. The molecule has 2 aliphatic rings.